The highest BCUT2D eigenvalue weighted by Crippen LogP contribution is 2.40. The largest absolute Gasteiger partial charge is 0.299 e. The van der Waals surface area contributed by atoms with Crippen molar-refractivity contribution in [1.29, 1.82) is 0 Å². The second kappa shape index (κ2) is 3.65. The standard InChI is InChI=1S/C14H16O/c1-3-8-14(11(2)15)9-12-6-4-5-7-13(12)10-14/h3-7H,1,8-10H2,2H3. The minimum atomic E-state index is -0.203. The molecule has 78 valence electrons. The molecule has 0 atom stereocenters. The van der Waals surface area contributed by atoms with Gasteiger partial charge in [-0.3, -0.25) is 4.79 Å². The molecular formula is C14H16O. The summed E-state index contributed by atoms with van der Waals surface area (Å²) in [4.78, 5) is 11.8. The van der Waals surface area contributed by atoms with Crippen LogP contribution in [0.1, 0.15) is 24.5 Å². The number of hydrogen-bond acceptors (Lipinski definition) is 1. The third kappa shape index (κ3) is 1.63. The van der Waals surface area contributed by atoms with Gasteiger partial charge in [-0.15, -0.1) is 6.58 Å². The van der Waals surface area contributed by atoms with Crippen molar-refractivity contribution in [3.63, 3.8) is 0 Å². The number of carbonyl (C=O) groups excluding carboxylic acids is 1. The summed E-state index contributed by atoms with van der Waals surface area (Å²) in [5.41, 5.74) is 2.45. The normalized spacial score (nSPS) is 17.1. The Labute approximate surface area is 90.8 Å². The van der Waals surface area contributed by atoms with Gasteiger partial charge >= 0.3 is 0 Å². The van der Waals surface area contributed by atoms with Crippen molar-refractivity contribution in [3.8, 4) is 0 Å². The smallest absolute Gasteiger partial charge is 0.136 e. The average molecular weight is 200 g/mol. The zero-order valence-corrected chi connectivity index (χ0v) is 9.12. The van der Waals surface area contributed by atoms with Crippen LogP contribution in [-0.4, -0.2) is 5.78 Å². The summed E-state index contributed by atoms with van der Waals surface area (Å²) >= 11 is 0. The predicted octanol–water partition coefficient (Wildman–Crippen LogP) is 2.94. The molecule has 1 heteroatoms. The first-order chi connectivity index (χ1) is 7.18. The first-order valence-electron chi connectivity index (χ1n) is 5.37. The Morgan fingerprint density at radius 1 is 1.40 bits per heavy atom. The van der Waals surface area contributed by atoms with Gasteiger partial charge in [-0.25, -0.2) is 0 Å². The summed E-state index contributed by atoms with van der Waals surface area (Å²) in [5, 5.41) is 0. The Hall–Kier alpha value is -1.37. The van der Waals surface area contributed by atoms with Gasteiger partial charge < -0.3 is 0 Å². The second-order valence-electron chi connectivity index (χ2n) is 4.45. The molecule has 1 aliphatic rings. The number of ketones is 1. The number of hydrogen-bond donors (Lipinski definition) is 0. The van der Waals surface area contributed by atoms with Crippen LogP contribution < -0.4 is 0 Å². The van der Waals surface area contributed by atoms with Gasteiger partial charge in [0, 0.05) is 5.41 Å². The van der Waals surface area contributed by atoms with Gasteiger partial charge in [0.05, 0.1) is 0 Å². The Morgan fingerprint density at radius 2 is 1.93 bits per heavy atom. The van der Waals surface area contributed by atoms with Crippen LogP contribution in [0.3, 0.4) is 0 Å². The van der Waals surface area contributed by atoms with Gasteiger partial charge in [0.2, 0.25) is 0 Å². The fourth-order valence-electron chi connectivity index (χ4n) is 2.51. The molecule has 0 spiro atoms. The van der Waals surface area contributed by atoms with Crippen molar-refractivity contribution in [2.45, 2.75) is 26.2 Å². The van der Waals surface area contributed by atoms with Crippen LogP contribution in [0.15, 0.2) is 36.9 Å². The van der Waals surface area contributed by atoms with E-state index in [2.05, 4.69) is 18.7 Å². The molecule has 0 aromatic heterocycles. The highest BCUT2D eigenvalue weighted by molar-refractivity contribution is 5.84. The number of allylic oxidation sites excluding steroid dienone is 1. The van der Waals surface area contributed by atoms with Gasteiger partial charge in [-0.2, -0.15) is 0 Å². The quantitative estimate of drug-likeness (QED) is 0.686. The summed E-state index contributed by atoms with van der Waals surface area (Å²) in [6, 6.07) is 8.35. The van der Waals surface area contributed by atoms with Crippen molar-refractivity contribution < 1.29 is 4.79 Å². The van der Waals surface area contributed by atoms with E-state index in [4.69, 9.17) is 0 Å². The lowest BCUT2D eigenvalue weighted by Gasteiger charge is -2.23. The highest BCUT2D eigenvalue weighted by atomic mass is 16.1. The summed E-state index contributed by atoms with van der Waals surface area (Å²) < 4.78 is 0. The maximum absolute atomic E-state index is 11.8. The fraction of sp³-hybridized carbons (Fsp3) is 0.357. The van der Waals surface area contributed by atoms with Gasteiger partial charge in [0.15, 0.2) is 0 Å². The summed E-state index contributed by atoms with van der Waals surface area (Å²) in [6.45, 7) is 5.47. The number of rotatable bonds is 3. The molecule has 0 N–H and O–H groups in total. The van der Waals surface area contributed by atoms with Gasteiger partial charge in [-0.1, -0.05) is 30.3 Å². The Bertz CT molecular complexity index is 379. The predicted molar refractivity (Wildman–Crippen MR) is 61.8 cm³/mol. The molecule has 0 unspecified atom stereocenters. The molecule has 2 rings (SSSR count). The van der Waals surface area contributed by atoms with Crippen LogP contribution in [0.5, 0.6) is 0 Å². The molecule has 0 fully saturated rings. The monoisotopic (exact) mass is 200 g/mol. The molecule has 0 heterocycles. The number of Topliss-reactive ketones (excluding diaryl/α,β-unsaturated/α-hetero) is 1. The lowest BCUT2D eigenvalue weighted by atomic mass is 9.78. The van der Waals surface area contributed by atoms with E-state index in [0.29, 0.717) is 5.78 Å². The number of fused-ring (bicyclic) bond motifs is 1. The molecule has 1 aromatic rings. The van der Waals surface area contributed by atoms with E-state index in [-0.39, 0.29) is 5.41 Å². The van der Waals surface area contributed by atoms with Crippen molar-refractivity contribution in [2.24, 2.45) is 5.41 Å². The topological polar surface area (TPSA) is 17.1 Å². The van der Waals surface area contributed by atoms with E-state index < -0.39 is 0 Å². The third-order valence-electron chi connectivity index (χ3n) is 3.46. The molecule has 0 amide bonds. The minimum absolute atomic E-state index is 0.203. The Kier molecular flexibility index (Phi) is 2.47. The molecular weight excluding hydrogens is 184 g/mol. The minimum Gasteiger partial charge on any atom is -0.299 e. The van der Waals surface area contributed by atoms with Crippen molar-refractivity contribution in [2.75, 3.05) is 0 Å². The maximum Gasteiger partial charge on any atom is 0.136 e. The molecule has 0 aliphatic heterocycles. The maximum atomic E-state index is 11.8. The van der Waals surface area contributed by atoms with E-state index in [1.54, 1.807) is 6.92 Å². The second-order valence-corrected chi connectivity index (χ2v) is 4.45. The SMILES string of the molecule is C=CCC1(C(C)=O)Cc2ccccc2C1. The highest BCUT2D eigenvalue weighted by Gasteiger charge is 2.39. The number of benzene rings is 1. The third-order valence-corrected chi connectivity index (χ3v) is 3.46. The molecule has 0 saturated carbocycles. The lowest BCUT2D eigenvalue weighted by molar-refractivity contribution is -0.126. The zero-order chi connectivity index (χ0) is 10.9. The molecule has 0 radical (unpaired) electrons. The first-order valence-corrected chi connectivity index (χ1v) is 5.37. The van der Waals surface area contributed by atoms with Crippen molar-refractivity contribution >= 4 is 5.78 Å². The van der Waals surface area contributed by atoms with Crippen LogP contribution >= 0.6 is 0 Å². The van der Waals surface area contributed by atoms with Crippen molar-refractivity contribution in [3.05, 3.63) is 48.0 Å². The van der Waals surface area contributed by atoms with Crippen LogP contribution in [0.2, 0.25) is 0 Å². The van der Waals surface area contributed by atoms with Crippen LogP contribution in [0.25, 0.3) is 0 Å². The van der Waals surface area contributed by atoms with E-state index in [9.17, 15) is 4.79 Å². The van der Waals surface area contributed by atoms with E-state index in [1.807, 2.05) is 18.2 Å². The summed E-state index contributed by atoms with van der Waals surface area (Å²) in [5.74, 6) is 0.290. The van der Waals surface area contributed by atoms with Gasteiger partial charge in [0.1, 0.15) is 5.78 Å². The Balaban J connectivity index is 2.36. The fourth-order valence-corrected chi connectivity index (χ4v) is 2.51. The molecule has 1 aromatic carbocycles. The zero-order valence-electron chi connectivity index (χ0n) is 9.12. The number of carbonyl (C=O) groups is 1. The first kappa shape index (κ1) is 10.2. The molecule has 15 heavy (non-hydrogen) atoms. The van der Waals surface area contributed by atoms with Gasteiger partial charge in [0.25, 0.3) is 0 Å². The lowest BCUT2D eigenvalue weighted by Crippen LogP contribution is -2.29. The van der Waals surface area contributed by atoms with Crippen molar-refractivity contribution in [1.82, 2.24) is 0 Å². The molecule has 1 nitrogen and oxygen atoms in total. The van der Waals surface area contributed by atoms with E-state index in [1.165, 1.54) is 11.1 Å². The van der Waals surface area contributed by atoms with Gasteiger partial charge in [-0.05, 0) is 37.3 Å². The summed E-state index contributed by atoms with van der Waals surface area (Å²) in [6.07, 6.45) is 4.42. The van der Waals surface area contributed by atoms with Crippen LogP contribution in [0, 0.1) is 5.41 Å². The van der Waals surface area contributed by atoms with Crippen LogP contribution in [-0.2, 0) is 17.6 Å². The average Bonchev–Trinajstić information content (AvgIpc) is 2.57. The molecule has 0 bridgehead atoms. The van der Waals surface area contributed by atoms with E-state index in [0.717, 1.165) is 19.3 Å². The molecule has 0 saturated heterocycles. The van der Waals surface area contributed by atoms with Crippen LogP contribution in [0.4, 0.5) is 0 Å². The Morgan fingerprint density at radius 3 is 2.33 bits per heavy atom. The van der Waals surface area contributed by atoms with E-state index >= 15 is 0 Å². The summed E-state index contributed by atoms with van der Waals surface area (Å²) in [7, 11) is 0. The molecule has 1 aliphatic carbocycles.